The standard InChI is InChI=1S/2C12H8O2/c2*13-7-9-1-3-11-6-10(8-14)2-4-12(11)5-9/h2*1-8H. The van der Waals surface area contributed by atoms with Crippen molar-refractivity contribution in [2.45, 2.75) is 0 Å². The molecule has 4 aromatic carbocycles. The molecule has 4 heteroatoms. The van der Waals surface area contributed by atoms with Gasteiger partial charge in [0.05, 0.1) is 0 Å². The Bertz CT molecular complexity index is 1000. The topological polar surface area (TPSA) is 68.3 Å². The molecule has 0 bridgehead atoms. The third-order valence-electron chi connectivity index (χ3n) is 4.32. The van der Waals surface area contributed by atoms with Gasteiger partial charge in [0.2, 0.25) is 0 Å². The molecule has 28 heavy (non-hydrogen) atoms. The second kappa shape index (κ2) is 8.64. The molecule has 4 aromatic rings. The molecule has 0 atom stereocenters. The Kier molecular flexibility index (Phi) is 5.82. The predicted molar refractivity (Wildman–Crippen MR) is 109 cm³/mol. The van der Waals surface area contributed by atoms with E-state index in [1.165, 1.54) is 0 Å². The van der Waals surface area contributed by atoms with Crippen LogP contribution in [0, 0.1) is 0 Å². The Labute approximate surface area is 161 Å². The summed E-state index contributed by atoms with van der Waals surface area (Å²) in [6.45, 7) is 0. The van der Waals surface area contributed by atoms with Crippen LogP contribution in [-0.2, 0) is 0 Å². The molecular weight excluding hydrogens is 352 g/mol. The third kappa shape index (κ3) is 4.24. The highest BCUT2D eigenvalue weighted by molar-refractivity contribution is 5.93. The Morgan fingerprint density at radius 3 is 0.750 bits per heavy atom. The Morgan fingerprint density at radius 1 is 0.357 bits per heavy atom. The largest absolute Gasteiger partial charge is 0.298 e. The van der Waals surface area contributed by atoms with Crippen LogP contribution in [0.3, 0.4) is 0 Å². The Hall–Kier alpha value is -3.92. The number of fused-ring (bicyclic) bond motifs is 2. The van der Waals surface area contributed by atoms with Gasteiger partial charge in [0, 0.05) is 22.3 Å². The molecule has 0 aromatic heterocycles. The smallest absolute Gasteiger partial charge is 0.150 e. The average Bonchev–Trinajstić information content (AvgIpc) is 2.77. The Morgan fingerprint density at radius 2 is 0.571 bits per heavy atom. The van der Waals surface area contributed by atoms with Crippen molar-refractivity contribution >= 4 is 46.7 Å². The van der Waals surface area contributed by atoms with E-state index in [9.17, 15) is 19.2 Å². The molecule has 0 N–H and O–H groups in total. The van der Waals surface area contributed by atoms with E-state index in [1.54, 1.807) is 48.5 Å². The van der Waals surface area contributed by atoms with Gasteiger partial charge >= 0.3 is 0 Å². The molecule has 136 valence electrons. The van der Waals surface area contributed by atoms with E-state index in [0.29, 0.717) is 22.3 Å². The molecule has 0 amide bonds. The highest BCUT2D eigenvalue weighted by Gasteiger charge is 1.98. The van der Waals surface area contributed by atoms with Crippen LogP contribution in [0.5, 0.6) is 0 Å². The summed E-state index contributed by atoms with van der Waals surface area (Å²) in [5.41, 5.74) is 2.60. The van der Waals surface area contributed by atoms with E-state index >= 15 is 0 Å². The van der Waals surface area contributed by atoms with Crippen molar-refractivity contribution in [3.63, 3.8) is 0 Å². The first-order chi connectivity index (χ1) is 13.7. The number of benzene rings is 4. The number of rotatable bonds is 4. The molecule has 4 nitrogen and oxygen atoms in total. The first kappa shape index (κ1) is 18.9. The first-order valence-electron chi connectivity index (χ1n) is 8.55. The summed E-state index contributed by atoms with van der Waals surface area (Å²) in [4.78, 5) is 42.1. The Balaban J connectivity index is 0.000000161. The molecule has 0 heterocycles. The molecular formula is C24H16O4. The fraction of sp³-hybridized carbons (Fsp3) is 0. The summed E-state index contributed by atoms with van der Waals surface area (Å²) in [7, 11) is 0. The van der Waals surface area contributed by atoms with Crippen LogP contribution in [0.4, 0.5) is 0 Å². The summed E-state index contributed by atoms with van der Waals surface area (Å²) >= 11 is 0. The monoisotopic (exact) mass is 368 g/mol. The van der Waals surface area contributed by atoms with Crippen LogP contribution >= 0.6 is 0 Å². The van der Waals surface area contributed by atoms with Crippen molar-refractivity contribution in [2.75, 3.05) is 0 Å². The third-order valence-corrected chi connectivity index (χ3v) is 4.32. The van der Waals surface area contributed by atoms with Crippen LogP contribution in [0.1, 0.15) is 41.4 Å². The van der Waals surface area contributed by atoms with Crippen molar-refractivity contribution < 1.29 is 19.2 Å². The van der Waals surface area contributed by atoms with Crippen molar-refractivity contribution in [3.05, 3.63) is 95.1 Å². The van der Waals surface area contributed by atoms with Gasteiger partial charge in [-0.2, -0.15) is 0 Å². The number of hydrogen-bond donors (Lipinski definition) is 0. The lowest BCUT2D eigenvalue weighted by molar-refractivity contribution is 0.111. The quantitative estimate of drug-likeness (QED) is 0.479. The van der Waals surface area contributed by atoms with Gasteiger partial charge in [-0.25, -0.2) is 0 Å². The molecule has 0 saturated heterocycles. The number of carbonyl (C=O) groups excluding carboxylic acids is 4. The van der Waals surface area contributed by atoms with Gasteiger partial charge in [0.1, 0.15) is 25.1 Å². The van der Waals surface area contributed by atoms with Crippen molar-refractivity contribution in [2.24, 2.45) is 0 Å². The lowest BCUT2D eigenvalue weighted by Crippen LogP contribution is -1.82. The summed E-state index contributed by atoms with van der Waals surface area (Å²) in [6.07, 6.45) is 3.25. The molecule has 0 aliphatic carbocycles. The normalized spacial score (nSPS) is 10.0. The second-order valence-electron chi connectivity index (χ2n) is 6.20. The second-order valence-corrected chi connectivity index (χ2v) is 6.20. The van der Waals surface area contributed by atoms with Crippen molar-refractivity contribution in [3.8, 4) is 0 Å². The van der Waals surface area contributed by atoms with E-state index in [-0.39, 0.29) is 0 Å². The van der Waals surface area contributed by atoms with Crippen LogP contribution < -0.4 is 0 Å². The van der Waals surface area contributed by atoms with E-state index in [0.717, 1.165) is 46.7 Å². The van der Waals surface area contributed by atoms with Gasteiger partial charge in [-0.05, 0) is 45.8 Å². The maximum atomic E-state index is 10.5. The fourth-order valence-corrected chi connectivity index (χ4v) is 2.86. The van der Waals surface area contributed by atoms with Crippen LogP contribution in [0.2, 0.25) is 0 Å². The van der Waals surface area contributed by atoms with Crippen molar-refractivity contribution in [1.82, 2.24) is 0 Å². The average molecular weight is 368 g/mol. The number of hydrogen-bond acceptors (Lipinski definition) is 4. The zero-order valence-electron chi connectivity index (χ0n) is 14.9. The highest BCUT2D eigenvalue weighted by Crippen LogP contribution is 2.17. The van der Waals surface area contributed by atoms with Gasteiger partial charge in [-0.1, -0.05) is 48.5 Å². The predicted octanol–water partition coefficient (Wildman–Crippen LogP) is 4.93. The molecule has 0 saturated carbocycles. The van der Waals surface area contributed by atoms with E-state index in [4.69, 9.17) is 0 Å². The van der Waals surface area contributed by atoms with E-state index in [1.807, 2.05) is 24.3 Å². The molecule has 4 rings (SSSR count). The maximum Gasteiger partial charge on any atom is 0.150 e. The SMILES string of the molecule is O=Cc1ccc2cc(C=O)ccc2c1.O=Cc1ccc2cc(C=O)ccc2c1. The molecule has 0 aliphatic heterocycles. The fourth-order valence-electron chi connectivity index (χ4n) is 2.86. The molecule has 0 unspecified atom stereocenters. The molecule has 0 radical (unpaired) electrons. The minimum atomic E-state index is 0.649. The zero-order chi connectivity index (χ0) is 19.9. The molecule has 0 fully saturated rings. The highest BCUT2D eigenvalue weighted by atomic mass is 16.1. The van der Waals surface area contributed by atoms with Gasteiger partial charge < -0.3 is 0 Å². The summed E-state index contributed by atoms with van der Waals surface area (Å²) in [5.74, 6) is 0. The summed E-state index contributed by atoms with van der Waals surface area (Å²) in [5, 5.41) is 3.89. The van der Waals surface area contributed by atoms with Crippen LogP contribution in [0.15, 0.2) is 72.8 Å². The maximum absolute atomic E-state index is 10.5. The molecule has 0 spiro atoms. The zero-order valence-corrected chi connectivity index (χ0v) is 14.9. The molecule has 0 aliphatic rings. The minimum Gasteiger partial charge on any atom is -0.298 e. The summed E-state index contributed by atoms with van der Waals surface area (Å²) in [6, 6.07) is 21.5. The van der Waals surface area contributed by atoms with Gasteiger partial charge in [-0.15, -0.1) is 0 Å². The number of aldehydes is 4. The lowest BCUT2D eigenvalue weighted by atomic mass is 10.1. The minimum absolute atomic E-state index is 0.649. The number of carbonyl (C=O) groups is 4. The van der Waals surface area contributed by atoms with Crippen LogP contribution in [-0.4, -0.2) is 25.1 Å². The summed E-state index contributed by atoms with van der Waals surface area (Å²) < 4.78 is 0. The lowest BCUT2D eigenvalue weighted by Gasteiger charge is -1.99. The van der Waals surface area contributed by atoms with Gasteiger partial charge in [0.25, 0.3) is 0 Å². The van der Waals surface area contributed by atoms with Crippen LogP contribution in [0.25, 0.3) is 21.5 Å². The first-order valence-corrected chi connectivity index (χ1v) is 8.55. The van der Waals surface area contributed by atoms with Gasteiger partial charge in [0.15, 0.2) is 0 Å². The van der Waals surface area contributed by atoms with E-state index < -0.39 is 0 Å². The van der Waals surface area contributed by atoms with Crippen molar-refractivity contribution in [1.29, 1.82) is 0 Å². The van der Waals surface area contributed by atoms with E-state index in [2.05, 4.69) is 0 Å². The van der Waals surface area contributed by atoms with Gasteiger partial charge in [-0.3, -0.25) is 19.2 Å².